The number of para-hydroxylation sites is 1. The Hall–Kier alpha value is -2.21. The van der Waals surface area contributed by atoms with E-state index >= 15 is 0 Å². The molecule has 2 aromatic rings. The summed E-state index contributed by atoms with van der Waals surface area (Å²) in [5.41, 5.74) is -0.371. The minimum Gasteiger partial charge on any atom is -0.358 e. The minimum atomic E-state index is -0.515. The fourth-order valence-electron chi connectivity index (χ4n) is 1.87. The standard InChI is InChI=1S/C14H16FN3O2/c1-18(2)7-6-16-14(20)10-8-17-12-9(13(10)19)4-3-5-11(12)15/h3-5,8H,6-7H2,1-2H3,(H,16,20)(H,17,19). The molecule has 0 aliphatic rings. The number of carbonyl (C=O) groups is 1. The van der Waals surface area contributed by atoms with Gasteiger partial charge >= 0.3 is 0 Å². The molecule has 5 nitrogen and oxygen atoms in total. The molecular weight excluding hydrogens is 261 g/mol. The van der Waals surface area contributed by atoms with Crippen molar-refractivity contribution in [1.82, 2.24) is 15.2 Å². The number of hydrogen-bond acceptors (Lipinski definition) is 3. The topological polar surface area (TPSA) is 65.2 Å². The van der Waals surface area contributed by atoms with Gasteiger partial charge in [-0.15, -0.1) is 0 Å². The molecule has 0 saturated heterocycles. The van der Waals surface area contributed by atoms with Crippen LogP contribution in [0.5, 0.6) is 0 Å². The number of aromatic amines is 1. The lowest BCUT2D eigenvalue weighted by Crippen LogP contribution is -2.34. The summed E-state index contributed by atoms with van der Waals surface area (Å²) in [6, 6.07) is 4.20. The number of nitrogens with one attached hydrogen (secondary N) is 2. The second-order valence-electron chi connectivity index (χ2n) is 4.75. The van der Waals surface area contributed by atoms with E-state index in [1.54, 1.807) is 0 Å². The molecule has 0 fully saturated rings. The zero-order valence-electron chi connectivity index (χ0n) is 11.4. The monoisotopic (exact) mass is 277 g/mol. The van der Waals surface area contributed by atoms with Gasteiger partial charge in [0.25, 0.3) is 5.91 Å². The molecule has 2 rings (SSSR count). The van der Waals surface area contributed by atoms with E-state index < -0.39 is 17.2 Å². The van der Waals surface area contributed by atoms with Crippen molar-refractivity contribution in [3.63, 3.8) is 0 Å². The molecule has 0 radical (unpaired) electrons. The van der Waals surface area contributed by atoms with Gasteiger partial charge in [-0.2, -0.15) is 0 Å². The fraction of sp³-hybridized carbons (Fsp3) is 0.286. The van der Waals surface area contributed by atoms with Crippen LogP contribution in [0.25, 0.3) is 10.9 Å². The van der Waals surface area contributed by atoms with Crippen LogP contribution in [0.15, 0.2) is 29.2 Å². The molecular formula is C14H16FN3O2. The van der Waals surface area contributed by atoms with E-state index in [-0.39, 0.29) is 16.5 Å². The molecule has 1 heterocycles. The van der Waals surface area contributed by atoms with Crippen molar-refractivity contribution in [3.05, 3.63) is 46.0 Å². The van der Waals surface area contributed by atoms with Crippen LogP contribution < -0.4 is 10.7 Å². The number of pyridine rings is 1. The number of nitrogens with zero attached hydrogens (tertiary/aromatic N) is 1. The number of benzene rings is 1. The Bertz CT molecular complexity index is 694. The van der Waals surface area contributed by atoms with Crippen molar-refractivity contribution >= 4 is 16.8 Å². The van der Waals surface area contributed by atoms with Crippen molar-refractivity contribution in [2.24, 2.45) is 0 Å². The lowest BCUT2D eigenvalue weighted by Gasteiger charge is -2.10. The molecule has 0 atom stereocenters. The van der Waals surface area contributed by atoms with E-state index in [1.807, 2.05) is 19.0 Å². The number of likely N-dealkylation sites (N-methyl/N-ethyl adjacent to an activating group) is 1. The lowest BCUT2D eigenvalue weighted by molar-refractivity contribution is 0.0950. The summed E-state index contributed by atoms with van der Waals surface area (Å²) in [4.78, 5) is 28.7. The number of aromatic nitrogens is 1. The molecule has 0 aliphatic heterocycles. The zero-order chi connectivity index (χ0) is 14.7. The zero-order valence-corrected chi connectivity index (χ0v) is 11.4. The fourth-order valence-corrected chi connectivity index (χ4v) is 1.87. The van der Waals surface area contributed by atoms with Gasteiger partial charge in [0, 0.05) is 24.7 Å². The van der Waals surface area contributed by atoms with E-state index in [0.29, 0.717) is 13.1 Å². The molecule has 1 aromatic carbocycles. The normalized spacial score (nSPS) is 11.0. The third-order valence-corrected chi connectivity index (χ3v) is 2.95. The number of amides is 1. The van der Waals surface area contributed by atoms with Crippen LogP contribution >= 0.6 is 0 Å². The maximum Gasteiger partial charge on any atom is 0.256 e. The smallest absolute Gasteiger partial charge is 0.256 e. The number of hydrogen-bond donors (Lipinski definition) is 2. The van der Waals surface area contributed by atoms with Gasteiger partial charge < -0.3 is 15.2 Å². The predicted molar refractivity (Wildman–Crippen MR) is 75.4 cm³/mol. The highest BCUT2D eigenvalue weighted by atomic mass is 19.1. The number of carbonyl (C=O) groups excluding carboxylic acids is 1. The van der Waals surface area contributed by atoms with Crippen LogP contribution in [0.4, 0.5) is 4.39 Å². The number of fused-ring (bicyclic) bond motifs is 1. The summed E-state index contributed by atoms with van der Waals surface area (Å²) in [7, 11) is 3.77. The Labute approximate surface area is 115 Å². The molecule has 20 heavy (non-hydrogen) atoms. The second-order valence-corrected chi connectivity index (χ2v) is 4.75. The second kappa shape index (κ2) is 5.83. The number of halogens is 1. The van der Waals surface area contributed by atoms with Crippen LogP contribution in [0.3, 0.4) is 0 Å². The summed E-state index contributed by atoms with van der Waals surface area (Å²) in [5.74, 6) is -0.974. The maximum absolute atomic E-state index is 13.5. The first-order valence-corrected chi connectivity index (χ1v) is 6.23. The Balaban J connectivity index is 2.29. The molecule has 1 amide bonds. The minimum absolute atomic E-state index is 0.0122. The van der Waals surface area contributed by atoms with Gasteiger partial charge in [-0.1, -0.05) is 6.07 Å². The predicted octanol–water partition coefficient (Wildman–Crippen LogP) is 0.959. The highest BCUT2D eigenvalue weighted by Crippen LogP contribution is 2.11. The van der Waals surface area contributed by atoms with Gasteiger partial charge in [-0.05, 0) is 26.2 Å². The Kier molecular flexibility index (Phi) is 4.14. The average molecular weight is 277 g/mol. The van der Waals surface area contributed by atoms with Gasteiger partial charge in [-0.3, -0.25) is 9.59 Å². The Morgan fingerprint density at radius 1 is 1.40 bits per heavy atom. The molecule has 0 aliphatic carbocycles. The first-order valence-electron chi connectivity index (χ1n) is 6.23. The summed E-state index contributed by atoms with van der Waals surface area (Å²) in [5, 5.41) is 2.83. The van der Waals surface area contributed by atoms with E-state index in [2.05, 4.69) is 10.3 Å². The Morgan fingerprint density at radius 2 is 2.15 bits per heavy atom. The molecule has 0 bridgehead atoms. The van der Waals surface area contributed by atoms with Crippen molar-refractivity contribution < 1.29 is 9.18 Å². The molecule has 0 saturated carbocycles. The largest absolute Gasteiger partial charge is 0.358 e. The summed E-state index contributed by atoms with van der Waals surface area (Å²) >= 11 is 0. The molecule has 106 valence electrons. The van der Waals surface area contributed by atoms with Gasteiger partial charge in [0.15, 0.2) is 0 Å². The quantitative estimate of drug-likeness (QED) is 0.875. The van der Waals surface area contributed by atoms with Gasteiger partial charge in [0.1, 0.15) is 11.4 Å². The van der Waals surface area contributed by atoms with Crippen molar-refractivity contribution in [1.29, 1.82) is 0 Å². The third kappa shape index (κ3) is 2.85. The molecule has 2 N–H and O–H groups in total. The highest BCUT2D eigenvalue weighted by molar-refractivity contribution is 5.97. The first-order chi connectivity index (χ1) is 9.50. The van der Waals surface area contributed by atoms with Crippen LogP contribution in [-0.2, 0) is 0 Å². The van der Waals surface area contributed by atoms with Crippen molar-refractivity contribution in [2.45, 2.75) is 0 Å². The lowest BCUT2D eigenvalue weighted by atomic mass is 10.1. The first kappa shape index (κ1) is 14.2. The average Bonchev–Trinajstić information content (AvgIpc) is 2.39. The molecule has 1 aromatic heterocycles. The van der Waals surface area contributed by atoms with Gasteiger partial charge in [0.2, 0.25) is 5.43 Å². The highest BCUT2D eigenvalue weighted by Gasteiger charge is 2.13. The number of H-pyrrole nitrogens is 1. The van der Waals surface area contributed by atoms with Crippen LogP contribution in [0.2, 0.25) is 0 Å². The van der Waals surface area contributed by atoms with Crippen LogP contribution in [-0.4, -0.2) is 43.0 Å². The van der Waals surface area contributed by atoms with E-state index in [1.165, 1.54) is 24.4 Å². The van der Waals surface area contributed by atoms with Gasteiger partial charge in [-0.25, -0.2) is 4.39 Å². The number of rotatable bonds is 4. The summed E-state index contributed by atoms with van der Waals surface area (Å²) in [6.07, 6.45) is 1.25. The van der Waals surface area contributed by atoms with E-state index in [9.17, 15) is 14.0 Å². The van der Waals surface area contributed by atoms with Crippen LogP contribution in [0, 0.1) is 5.82 Å². The maximum atomic E-state index is 13.5. The molecule has 0 unspecified atom stereocenters. The van der Waals surface area contributed by atoms with Gasteiger partial charge in [0.05, 0.1) is 5.52 Å². The van der Waals surface area contributed by atoms with Crippen LogP contribution in [0.1, 0.15) is 10.4 Å². The SMILES string of the molecule is CN(C)CCNC(=O)c1c[nH]c2c(F)cccc2c1=O. The van der Waals surface area contributed by atoms with Crippen molar-refractivity contribution in [3.8, 4) is 0 Å². The summed E-state index contributed by atoms with van der Waals surface area (Å²) < 4.78 is 13.5. The summed E-state index contributed by atoms with van der Waals surface area (Å²) in [6.45, 7) is 1.11. The molecule has 6 heteroatoms. The van der Waals surface area contributed by atoms with Crippen molar-refractivity contribution in [2.75, 3.05) is 27.2 Å². The van der Waals surface area contributed by atoms with E-state index in [4.69, 9.17) is 0 Å². The Morgan fingerprint density at radius 3 is 2.85 bits per heavy atom. The van der Waals surface area contributed by atoms with E-state index in [0.717, 1.165) is 0 Å². The molecule has 0 spiro atoms. The third-order valence-electron chi connectivity index (χ3n) is 2.95.